The molecular weight excluding hydrogens is 334 g/mol. The number of benzene rings is 2. The van der Waals surface area contributed by atoms with Crippen LogP contribution in [-0.4, -0.2) is 29.7 Å². The maximum Gasteiger partial charge on any atom is 0.253 e. The molecule has 3 nitrogen and oxygen atoms in total. The molecular formula is C21H22ClNO2. The number of rotatable bonds is 4. The van der Waals surface area contributed by atoms with E-state index in [0.29, 0.717) is 23.6 Å². The Bertz CT molecular complexity index is 752. The van der Waals surface area contributed by atoms with E-state index in [9.17, 15) is 9.59 Å². The zero-order chi connectivity index (χ0) is 17.8. The quantitative estimate of drug-likeness (QED) is 0.740. The topological polar surface area (TPSA) is 37.4 Å². The molecule has 1 aliphatic heterocycles. The van der Waals surface area contributed by atoms with Gasteiger partial charge in [-0.25, -0.2) is 0 Å². The van der Waals surface area contributed by atoms with Gasteiger partial charge in [0.2, 0.25) is 0 Å². The number of halogens is 1. The van der Waals surface area contributed by atoms with Crippen LogP contribution in [-0.2, 0) is 0 Å². The van der Waals surface area contributed by atoms with Gasteiger partial charge in [0, 0.05) is 35.7 Å². The monoisotopic (exact) mass is 355 g/mol. The van der Waals surface area contributed by atoms with Crippen molar-refractivity contribution in [3.8, 4) is 0 Å². The lowest BCUT2D eigenvalue weighted by molar-refractivity contribution is 0.0652. The average Bonchev–Trinajstić information content (AvgIpc) is 2.62. The Hall–Kier alpha value is -2.13. The summed E-state index contributed by atoms with van der Waals surface area (Å²) in [5.41, 5.74) is 2.54. The van der Waals surface area contributed by atoms with Crippen LogP contribution in [0, 0.1) is 12.8 Å². The Morgan fingerprint density at radius 1 is 1.04 bits per heavy atom. The van der Waals surface area contributed by atoms with Crippen molar-refractivity contribution in [2.45, 2.75) is 26.2 Å². The van der Waals surface area contributed by atoms with Crippen LogP contribution in [0.1, 0.15) is 45.5 Å². The molecule has 0 saturated carbocycles. The van der Waals surface area contributed by atoms with Crippen molar-refractivity contribution in [2.24, 2.45) is 5.92 Å². The fourth-order valence-corrected chi connectivity index (χ4v) is 3.44. The van der Waals surface area contributed by atoms with E-state index in [1.165, 1.54) is 0 Å². The second-order valence-electron chi connectivity index (χ2n) is 6.76. The highest BCUT2D eigenvalue weighted by Crippen LogP contribution is 2.23. The molecule has 0 spiro atoms. The molecule has 0 N–H and O–H groups in total. The van der Waals surface area contributed by atoms with Crippen LogP contribution in [0.15, 0.2) is 48.5 Å². The standard InChI is InChI=1S/C21H22ClNO2/c1-15-4-6-18(7-5-15)21(25)23-12-2-3-16(14-23)13-20(24)17-8-10-19(22)11-9-17/h4-11,16H,2-3,12-14H2,1H3/t16-/m0/s1. The molecule has 1 aliphatic rings. The molecule has 0 radical (unpaired) electrons. The minimum atomic E-state index is 0.0589. The number of Topliss-reactive ketones (excluding diaryl/α,β-unsaturated/α-hetero) is 1. The number of carbonyl (C=O) groups is 2. The number of piperidine rings is 1. The van der Waals surface area contributed by atoms with Gasteiger partial charge in [0.1, 0.15) is 0 Å². The molecule has 1 fully saturated rings. The molecule has 25 heavy (non-hydrogen) atoms. The number of amides is 1. The highest BCUT2D eigenvalue weighted by molar-refractivity contribution is 6.30. The molecule has 1 atom stereocenters. The molecule has 2 aromatic carbocycles. The molecule has 4 heteroatoms. The summed E-state index contributed by atoms with van der Waals surface area (Å²) in [7, 11) is 0. The van der Waals surface area contributed by atoms with E-state index in [0.717, 1.165) is 30.5 Å². The summed E-state index contributed by atoms with van der Waals surface area (Å²) in [6.45, 7) is 3.41. The summed E-state index contributed by atoms with van der Waals surface area (Å²) >= 11 is 5.87. The highest BCUT2D eigenvalue weighted by atomic mass is 35.5. The van der Waals surface area contributed by atoms with E-state index in [4.69, 9.17) is 11.6 Å². The van der Waals surface area contributed by atoms with Gasteiger partial charge < -0.3 is 4.90 Å². The number of nitrogens with zero attached hydrogens (tertiary/aromatic N) is 1. The van der Waals surface area contributed by atoms with Crippen LogP contribution in [0.5, 0.6) is 0 Å². The summed E-state index contributed by atoms with van der Waals surface area (Å²) in [6.07, 6.45) is 2.40. The first-order chi connectivity index (χ1) is 12.0. The zero-order valence-electron chi connectivity index (χ0n) is 14.4. The first kappa shape index (κ1) is 17.7. The highest BCUT2D eigenvalue weighted by Gasteiger charge is 2.26. The largest absolute Gasteiger partial charge is 0.338 e. The molecule has 0 aromatic heterocycles. The Kier molecular flexibility index (Phi) is 5.54. The van der Waals surface area contributed by atoms with Gasteiger partial charge in [-0.1, -0.05) is 29.3 Å². The zero-order valence-corrected chi connectivity index (χ0v) is 15.1. The number of carbonyl (C=O) groups excluding carboxylic acids is 2. The second-order valence-corrected chi connectivity index (χ2v) is 7.20. The van der Waals surface area contributed by atoms with Gasteiger partial charge in [-0.2, -0.15) is 0 Å². The summed E-state index contributed by atoms with van der Waals surface area (Å²) in [5, 5.41) is 0.629. The number of ketones is 1. The fourth-order valence-electron chi connectivity index (χ4n) is 3.31. The molecule has 1 saturated heterocycles. The van der Waals surface area contributed by atoms with E-state index in [1.54, 1.807) is 24.3 Å². The van der Waals surface area contributed by atoms with Gasteiger partial charge in [0.25, 0.3) is 5.91 Å². The van der Waals surface area contributed by atoms with Crippen molar-refractivity contribution in [3.63, 3.8) is 0 Å². The third-order valence-electron chi connectivity index (χ3n) is 4.74. The summed E-state index contributed by atoms with van der Waals surface area (Å²) in [4.78, 5) is 27.0. The Morgan fingerprint density at radius 2 is 1.68 bits per heavy atom. The van der Waals surface area contributed by atoms with E-state index in [2.05, 4.69) is 0 Å². The molecule has 130 valence electrons. The van der Waals surface area contributed by atoms with Crippen LogP contribution >= 0.6 is 11.6 Å². The third-order valence-corrected chi connectivity index (χ3v) is 5.00. The van der Waals surface area contributed by atoms with Gasteiger partial charge >= 0.3 is 0 Å². The van der Waals surface area contributed by atoms with E-state index < -0.39 is 0 Å². The minimum Gasteiger partial charge on any atom is -0.338 e. The summed E-state index contributed by atoms with van der Waals surface area (Å²) in [5.74, 6) is 0.390. The Labute approximate surface area is 153 Å². The van der Waals surface area contributed by atoms with Gasteiger partial charge in [-0.05, 0) is 62.1 Å². The SMILES string of the molecule is Cc1ccc(C(=O)N2CCC[C@@H](CC(=O)c3ccc(Cl)cc3)C2)cc1. The van der Waals surface area contributed by atoms with E-state index in [1.807, 2.05) is 36.1 Å². The van der Waals surface area contributed by atoms with Gasteiger partial charge in [0.05, 0.1) is 0 Å². The summed E-state index contributed by atoms with van der Waals surface area (Å²) < 4.78 is 0. The number of hydrogen-bond donors (Lipinski definition) is 0. The maximum absolute atomic E-state index is 12.7. The average molecular weight is 356 g/mol. The van der Waals surface area contributed by atoms with Crippen molar-refractivity contribution in [1.82, 2.24) is 4.90 Å². The van der Waals surface area contributed by atoms with Crippen LogP contribution in [0.4, 0.5) is 0 Å². The van der Waals surface area contributed by atoms with Crippen molar-refractivity contribution >= 4 is 23.3 Å². The Morgan fingerprint density at radius 3 is 2.36 bits per heavy atom. The van der Waals surface area contributed by atoms with Gasteiger partial charge in [-0.3, -0.25) is 9.59 Å². The minimum absolute atomic E-state index is 0.0589. The molecule has 1 amide bonds. The van der Waals surface area contributed by atoms with Crippen molar-refractivity contribution in [1.29, 1.82) is 0 Å². The number of likely N-dealkylation sites (tertiary alicyclic amines) is 1. The first-order valence-corrected chi connectivity index (χ1v) is 9.05. The number of aryl methyl sites for hydroxylation is 1. The number of hydrogen-bond acceptors (Lipinski definition) is 2. The predicted molar refractivity (Wildman–Crippen MR) is 100 cm³/mol. The smallest absolute Gasteiger partial charge is 0.253 e. The lowest BCUT2D eigenvalue weighted by Gasteiger charge is -2.32. The van der Waals surface area contributed by atoms with Gasteiger partial charge in [-0.15, -0.1) is 0 Å². The van der Waals surface area contributed by atoms with Crippen LogP contribution in [0.3, 0.4) is 0 Å². The maximum atomic E-state index is 12.7. The third kappa shape index (κ3) is 4.49. The normalized spacial score (nSPS) is 17.4. The molecule has 1 heterocycles. The second kappa shape index (κ2) is 7.83. The van der Waals surface area contributed by atoms with Crippen LogP contribution in [0.25, 0.3) is 0 Å². The van der Waals surface area contributed by atoms with Gasteiger partial charge in [0.15, 0.2) is 5.78 Å². The molecule has 0 aliphatic carbocycles. The van der Waals surface area contributed by atoms with Crippen LogP contribution in [0.2, 0.25) is 5.02 Å². The molecule has 2 aromatic rings. The van der Waals surface area contributed by atoms with Crippen molar-refractivity contribution < 1.29 is 9.59 Å². The predicted octanol–water partition coefficient (Wildman–Crippen LogP) is 4.77. The lowest BCUT2D eigenvalue weighted by atomic mass is 9.90. The van der Waals surface area contributed by atoms with Crippen molar-refractivity contribution in [3.05, 3.63) is 70.2 Å². The van der Waals surface area contributed by atoms with Crippen molar-refractivity contribution in [2.75, 3.05) is 13.1 Å². The summed E-state index contributed by atoms with van der Waals surface area (Å²) in [6, 6.07) is 14.7. The van der Waals surface area contributed by atoms with Crippen LogP contribution < -0.4 is 0 Å². The van der Waals surface area contributed by atoms with E-state index >= 15 is 0 Å². The molecule has 0 bridgehead atoms. The molecule has 0 unspecified atom stereocenters. The molecule has 3 rings (SSSR count). The first-order valence-electron chi connectivity index (χ1n) is 8.67. The van der Waals surface area contributed by atoms with E-state index in [-0.39, 0.29) is 17.6 Å². The fraction of sp³-hybridized carbons (Fsp3) is 0.333. The lowest BCUT2D eigenvalue weighted by Crippen LogP contribution is -2.40. The Balaban J connectivity index is 1.62.